The van der Waals surface area contributed by atoms with Gasteiger partial charge in [-0.05, 0) is 50.1 Å². The van der Waals surface area contributed by atoms with Crippen molar-refractivity contribution in [3.8, 4) is 0 Å². The molecule has 2 N–H and O–H groups in total. The summed E-state index contributed by atoms with van der Waals surface area (Å²) in [5.74, 6) is -0.126. The van der Waals surface area contributed by atoms with E-state index < -0.39 is 0 Å². The average Bonchev–Trinajstić information content (AvgIpc) is 3.39. The normalized spacial score (nSPS) is 20.9. The number of anilines is 1. The molecule has 0 aromatic heterocycles. The van der Waals surface area contributed by atoms with Crippen molar-refractivity contribution < 1.29 is 9.59 Å². The first kappa shape index (κ1) is 16.2. The maximum atomic E-state index is 12.5. The zero-order valence-electron chi connectivity index (χ0n) is 13.4. The Labute approximate surface area is 141 Å². The molecule has 23 heavy (non-hydrogen) atoms. The van der Waals surface area contributed by atoms with Crippen molar-refractivity contribution in [2.75, 3.05) is 24.7 Å². The molecule has 6 heteroatoms. The predicted octanol–water partition coefficient (Wildman–Crippen LogP) is 2.93. The second-order valence-corrected chi connectivity index (χ2v) is 7.11. The number of carbonyl (C=O) groups excluding carboxylic acids is 2. The van der Waals surface area contributed by atoms with Gasteiger partial charge in [0.05, 0.1) is 5.92 Å². The highest BCUT2D eigenvalue weighted by molar-refractivity contribution is 7.98. The summed E-state index contributed by atoms with van der Waals surface area (Å²) in [5, 5.41) is 5.99. The lowest BCUT2D eigenvalue weighted by Crippen LogP contribution is -2.48. The zero-order valence-corrected chi connectivity index (χ0v) is 14.2. The Morgan fingerprint density at radius 3 is 2.83 bits per heavy atom. The lowest BCUT2D eigenvalue weighted by Gasteiger charge is -2.32. The minimum absolute atomic E-state index is 0.00664. The lowest BCUT2D eigenvalue weighted by molar-refractivity contribution is -0.121. The number of nitrogens with one attached hydrogen (secondary N) is 2. The Morgan fingerprint density at radius 2 is 2.09 bits per heavy atom. The molecule has 124 valence electrons. The molecule has 1 heterocycles. The minimum atomic E-state index is -0.133. The van der Waals surface area contributed by atoms with Gasteiger partial charge in [0.15, 0.2) is 0 Å². The average molecular weight is 333 g/mol. The third-order valence-electron chi connectivity index (χ3n) is 4.32. The van der Waals surface area contributed by atoms with Gasteiger partial charge in [-0.15, -0.1) is 11.8 Å². The first-order chi connectivity index (χ1) is 11.2. The van der Waals surface area contributed by atoms with Gasteiger partial charge in [-0.3, -0.25) is 4.79 Å². The highest BCUT2D eigenvalue weighted by atomic mass is 32.2. The van der Waals surface area contributed by atoms with Crippen LogP contribution >= 0.6 is 11.8 Å². The van der Waals surface area contributed by atoms with Crippen LogP contribution in [0.2, 0.25) is 0 Å². The van der Waals surface area contributed by atoms with Crippen LogP contribution < -0.4 is 10.6 Å². The van der Waals surface area contributed by atoms with Crippen molar-refractivity contribution >= 4 is 29.4 Å². The van der Waals surface area contributed by atoms with Gasteiger partial charge >= 0.3 is 6.03 Å². The summed E-state index contributed by atoms with van der Waals surface area (Å²) in [6, 6.07) is 8.17. The molecule has 0 spiro atoms. The van der Waals surface area contributed by atoms with Crippen LogP contribution in [0.15, 0.2) is 29.2 Å². The summed E-state index contributed by atoms with van der Waals surface area (Å²) in [5.41, 5.74) is 0.821. The first-order valence-electron chi connectivity index (χ1n) is 8.16. The Bertz CT molecular complexity index is 589. The molecule has 1 saturated heterocycles. The Balaban J connectivity index is 1.56. The maximum Gasteiger partial charge on any atom is 0.317 e. The number of hydrogen-bond acceptors (Lipinski definition) is 3. The van der Waals surface area contributed by atoms with E-state index >= 15 is 0 Å². The number of carbonyl (C=O) groups is 2. The van der Waals surface area contributed by atoms with Crippen molar-refractivity contribution in [3.05, 3.63) is 24.3 Å². The maximum absolute atomic E-state index is 12.5. The molecule has 1 atom stereocenters. The highest BCUT2D eigenvalue weighted by Crippen LogP contribution is 2.23. The summed E-state index contributed by atoms with van der Waals surface area (Å²) in [4.78, 5) is 27.5. The summed E-state index contributed by atoms with van der Waals surface area (Å²) in [6.07, 6.45) is 5.88. The molecule has 5 nitrogen and oxygen atoms in total. The third kappa shape index (κ3) is 4.41. The third-order valence-corrected chi connectivity index (χ3v) is 5.05. The number of likely N-dealkylation sites (tertiary alicyclic amines) is 1. The lowest BCUT2D eigenvalue weighted by atomic mass is 9.97. The number of thioether (sulfide) groups is 1. The fourth-order valence-electron chi connectivity index (χ4n) is 2.81. The molecule has 0 radical (unpaired) electrons. The van der Waals surface area contributed by atoms with Crippen LogP contribution in [0, 0.1) is 5.92 Å². The molecule has 3 amide bonds. The molecular formula is C17H23N3O2S. The van der Waals surface area contributed by atoms with Gasteiger partial charge in [-0.25, -0.2) is 4.79 Å². The number of hydrogen-bond donors (Lipinski definition) is 2. The Kier molecular flexibility index (Phi) is 5.10. The van der Waals surface area contributed by atoms with Gasteiger partial charge in [0.2, 0.25) is 5.91 Å². The molecule has 0 bridgehead atoms. The van der Waals surface area contributed by atoms with E-state index in [0.717, 1.165) is 42.8 Å². The van der Waals surface area contributed by atoms with Gasteiger partial charge in [-0.2, -0.15) is 0 Å². The fourth-order valence-corrected chi connectivity index (χ4v) is 3.27. The molecule has 1 unspecified atom stereocenters. The second-order valence-electron chi connectivity index (χ2n) is 6.23. The van der Waals surface area contributed by atoms with E-state index in [9.17, 15) is 9.59 Å². The summed E-state index contributed by atoms with van der Waals surface area (Å²) >= 11 is 1.65. The smallest absolute Gasteiger partial charge is 0.317 e. The number of rotatable bonds is 4. The summed E-state index contributed by atoms with van der Waals surface area (Å²) in [6.45, 7) is 1.25. The topological polar surface area (TPSA) is 61.4 Å². The second kappa shape index (κ2) is 7.25. The monoisotopic (exact) mass is 333 g/mol. The number of piperidine rings is 1. The number of nitrogens with zero attached hydrogens (tertiary/aromatic N) is 1. The number of amides is 3. The molecular weight excluding hydrogens is 310 g/mol. The standard InChI is InChI=1S/C17H23N3O2S/c1-23-15-6-2-5-14(10-15)18-16(21)12-4-3-9-20(11-12)17(22)19-13-7-8-13/h2,5-6,10,12-13H,3-4,7-9,11H2,1H3,(H,18,21)(H,19,22). The van der Waals surface area contributed by atoms with Crippen LogP contribution in [0.25, 0.3) is 0 Å². The SMILES string of the molecule is CSc1cccc(NC(=O)C2CCCN(C(=O)NC3CC3)C2)c1. The molecule has 1 aliphatic heterocycles. The van der Waals surface area contributed by atoms with E-state index in [4.69, 9.17) is 0 Å². The van der Waals surface area contributed by atoms with Crippen molar-refractivity contribution in [2.24, 2.45) is 5.92 Å². The first-order valence-corrected chi connectivity index (χ1v) is 9.38. The van der Waals surface area contributed by atoms with Crippen LogP contribution in [0.5, 0.6) is 0 Å². The van der Waals surface area contributed by atoms with Crippen LogP contribution in [0.4, 0.5) is 10.5 Å². The molecule has 1 aromatic rings. The Morgan fingerprint density at radius 1 is 1.26 bits per heavy atom. The van der Waals surface area contributed by atoms with Crippen molar-refractivity contribution in [1.82, 2.24) is 10.2 Å². The molecule has 3 rings (SSSR count). The quantitative estimate of drug-likeness (QED) is 0.833. The van der Waals surface area contributed by atoms with Gasteiger partial charge in [0, 0.05) is 29.7 Å². The van der Waals surface area contributed by atoms with Gasteiger partial charge in [-0.1, -0.05) is 6.07 Å². The fraction of sp³-hybridized carbons (Fsp3) is 0.529. The van der Waals surface area contributed by atoms with E-state index in [1.54, 1.807) is 16.7 Å². The summed E-state index contributed by atoms with van der Waals surface area (Å²) < 4.78 is 0. The van der Waals surface area contributed by atoms with Gasteiger partial charge < -0.3 is 15.5 Å². The molecule has 1 aliphatic carbocycles. The predicted molar refractivity (Wildman–Crippen MR) is 92.7 cm³/mol. The zero-order chi connectivity index (χ0) is 16.2. The minimum Gasteiger partial charge on any atom is -0.335 e. The summed E-state index contributed by atoms with van der Waals surface area (Å²) in [7, 11) is 0. The molecule has 1 aromatic carbocycles. The largest absolute Gasteiger partial charge is 0.335 e. The van der Waals surface area contributed by atoms with Crippen LogP contribution in [0.1, 0.15) is 25.7 Å². The highest BCUT2D eigenvalue weighted by Gasteiger charge is 2.31. The molecule has 1 saturated carbocycles. The van der Waals surface area contributed by atoms with Gasteiger partial charge in [0.25, 0.3) is 0 Å². The molecule has 2 fully saturated rings. The van der Waals surface area contributed by atoms with E-state index in [1.807, 2.05) is 30.5 Å². The van der Waals surface area contributed by atoms with Crippen LogP contribution in [-0.2, 0) is 4.79 Å². The van der Waals surface area contributed by atoms with E-state index in [-0.39, 0.29) is 17.9 Å². The Hall–Kier alpha value is -1.69. The molecule has 2 aliphatic rings. The van der Waals surface area contributed by atoms with Crippen molar-refractivity contribution in [2.45, 2.75) is 36.6 Å². The van der Waals surface area contributed by atoms with Crippen molar-refractivity contribution in [1.29, 1.82) is 0 Å². The van der Waals surface area contributed by atoms with Crippen LogP contribution in [0.3, 0.4) is 0 Å². The van der Waals surface area contributed by atoms with E-state index in [2.05, 4.69) is 10.6 Å². The van der Waals surface area contributed by atoms with E-state index in [1.165, 1.54) is 0 Å². The van der Waals surface area contributed by atoms with E-state index in [0.29, 0.717) is 12.6 Å². The number of benzene rings is 1. The van der Waals surface area contributed by atoms with Crippen LogP contribution in [-0.4, -0.2) is 42.2 Å². The number of urea groups is 1. The van der Waals surface area contributed by atoms with Crippen molar-refractivity contribution in [3.63, 3.8) is 0 Å². The van der Waals surface area contributed by atoms with Gasteiger partial charge in [0.1, 0.15) is 0 Å².